The molecule has 2 nitrogen and oxygen atoms in total. The van der Waals surface area contributed by atoms with Crippen LogP contribution >= 0.6 is 0 Å². The maximum atomic E-state index is 13.6. The van der Waals surface area contributed by atoms with Gasteiger partial charge in [0.25, 0.3) is 0 Å². The smallest absolute Gasteiger partial charge is 0.164 e. The van der Waals surface area contributed by atoms with Crippen LogP contribution in [-0.4, -0.2) is 17.8 Å². The van der Waals surface area contributed by atoms with Crippen LogP contribution < -0.4 is 0 Å². The number of benzene rings is 1. The molecule has 0 aromatic heterocycles. The summed E-state index contributed by atoms with van der Waals surface area (Å²) in [5.74, 6) is -1.37. The van der Waals surface area contributed by atoms with Crippen molar-refractivity contribution < 1.29 is 18.6 Å². The second-order valence-corrected chi connectivity index (χ2v) is 7.03. The third-order valence-electron chi connectivity index (χ3n) is 4.18. The summed E-state index contributed by atoms with van der Waals surface area (Å²) in [6.07, 6.45) is 1.96. The SMILES string of the molecule is CC1CC(OCC(O)c2cccc(F)c2F)CC(C)(C)C1. The minimum Gasteiger partial charge on any atom is -0.386 e. The molecule has 0 bridgehead atoms. The third kappa shape index (κ3) is 4.24. The summed E-state index contributed by atoms with van der Waals surface area (Å²) in [6, 6.07) is 3.82. The fraction of sp³-hybridized carbons (Fsp3) is 0.647. The maximum Gasteiger partial charge on any atom is 0.164 e. The van der Waals surface area contributed by atoms with Gasteiger partial charge in [0, 0.05) is 5.56 Å². The van der Waals surface area contributed by atoms with Crippen LogP contribution in [0.1, 0.15) is 51.7 Å². The number of hydrogen-bond acceptors (Lipinski definition) is 2. The van der Waals surface area contributed by atoms with Gasteiger partial charge in [0.05, 0.1) is 12.7 Å². The number of rotatable bonds is 4. The second kappa shape index (κ2) is 6.41. The van der Waals surface area contributed by atoms with Crippen LogP contribution in [0.3, 0.4) is 0 Å². The maximum absolute atomic E-state index is 13.6. The van der Waals surface area contributed by atoms with E-state index in [0.717, 1.165) is 25.3 Å². The normalized spacial score (nSPS) is 26.6. The molecular weight excluding hydrogens is 274 g/mol. The van der Waals surface area contributed by atoms with E-state index in [1.165, 1.54) is 12.1 Å². The van der Waals surface area contributed by atoms with E-state index in [1.54, 1.807) is 0 Å². The first kappa shape index (κ1) is 16.4. The van der Waals surface area contributed by atoms with Crippen molar-refractivity contribution in [1.29, 1.82) is 0 Å². The van der Waals surface area contributed by atoms with E-state index in [4.69, 9.17) is 4.74 Å². The van der Waals surface area contributed by atoms with Crippen LogP contribution in [0.15, 0.2) is 18.2 Å². The monoisotopic (exact) mass is 298 g/mol. The van der Waals surface area contributed by atoms with Crippen LogP contribution in [0.4, 0.5) is 8.78 Å². The molecule has 1 N–H and O–H groups in total. The molecule has 2 rings (SSSR count). The molecule has 0 aliphatic heterocycles. The highest BCUT2D eigenvalue weighted by Crippen LogP contribution is 2.39. The van der Waals surface area contributed by atoms with Gasteiger partial charge < -0.3 is 9.84 Å². The first-order chi connectivity index (χ1) is 9.78. The molecule has 3 unspecified atom stereocenters. The van der Waals surface area contributed by atoms with E-state index in [2.05, 4.69) is 20.8 Å². The molecule has 1 fully saturated rings. The molecule has 1 aliphatic rings. The van der Waals surface area contributed by atoms with Crippen LogP contribution in [0, 0.1) is 23.0 Å². The zero-order chi connectivity index (χ0) is 15.6. The van der Waals surface area contributed by atoms with Gasteiger partial charge in [0.15, 0.2) is 11.6 Å². The Kier molecular flexibility index (Phi) is 4.99. The molecule has 4 heteroatoms. The van der Waals surface area contributed by atoms with Gasteiger partial charge >= 0.3 is 0 Å². The molecule has 0 radical (unpaired) electrons. The first-order valence-corrected chi connectivity index (χ1v) is 7.52. The summed E-state index contributed by atoms with van der Waals surface area (Å²) in [5.41, 5.74) is 0.176. The van der Waals surface area contributed by atoms with E-state index in [1.807, 2.05) is 0 Å². The highest BCUT2D eigenvalue weighted by Gasteiger charge is 2.33. The van der Waals surface area contributed by atoms with Gasteiger partial charge in [-0.15, -0.1) is 0 Å². The second-order valence-electron chi connectivity index (χ2n) is 7.03. The summed E-state index contributed by atoms with van der Waals surface area (Å²) < 4.78 is 32.5. The van der Waals surface area contributed by atoms with Crippen molar-refractivity contribution >= 4 is 0 Å². The molecule has 1 saturated carbocycles. The van der Waals surface area contributed by atoms with E-state index < -0.39 is 17.7 Å². The molecule has 21 heavy (non-hydrogen) atoms. The molecule has 0 heterocycles. The molecule has 118 valence electrons. The molecule has 1 aliphatic carbocycles. The standard InChI is InChI=1S/C17H24F2O2/c1-11-7-12(9-17(2,3)8-11)21-10-15(20)13-5-4-6-14(18)16(13)19/h4-6,11-12,15,20H,7-10H2,1-3H3. The summed E-state index contributed by atoms with van der Waals surface area (Å²) in [4.78, 5) is 0. The van der Waals surface area contributed by atoms with E-state index in [0.29, 0.717) is 5.92 Å². The van der Waals surface area contributed by atoms with Gasteiger partial charge in [-0.1, -0.05) is 32.9 Å². The Hall–Kier alpha value is -1.00. The Balaban J connectivity index is 1.95. The molecule has 0 saturated heterocycles. The van der Waals surface area contributed by atoms with E-state index >= 15 is 0 Å². The summed E-state index contributed by atoms with van der Waals surface area (Å²) >= 11 is 0. The van der Waals surface area contributed by atoms with Gasteiger partial charge in [0.1, 0.15) is 6.10 Å². The number of halogens is 2. The van der Waals surface area contributed by atoms with Crippen LogP contribution in [0.5, 0.6) is 0 Å². The largest absolute Gasteiger partial charge is 0.386 e. The summed E-state index contributed by atoms with van der Waals surface area (Å²) in [7, 11) is 0. The van der Waals surface area contributed by atoms with Gasteiger partial charge in [-0.2, -0.15) is 0 Å². The van der Waals surface area contributed by atoms with Crippen molar-refractivity contribution in [2.45, 2.75) is 52.2 Å². The topological polar surface area (TPSA) is 29.5 Å². The quantitative estimate of drug-likeness (QED) is 0.901. The van der Waals surface area contributed by atoms with Crippen molar-refractivity contribution in [3.8, 4) is 0 Å². The number of ether oxygens (including phenoxy) is 1. The lowest BCUT2D eigenvalue weighted by molar-refractivity contribution is -0.0571. The summed E-state index contributed by atoms with van der Waals surface area (Å²) in [6.45, 7) is 6.61. The molecule has 0 amide bonds. The zero-order valence-corrected chi connectivity index (χ0v) is 12.9. The average molecular weight is 298 g/mol. The predicted molar refractivity (Wildman–Crippen MR) is 77.9 cm³/mol. The van der Waals surface area contributed by atoms with Crippen LogP contribution in [-0.2, 0) is 4.74 Å². The lowest BCUT2D eigenvalue weighted by Gasteiger charge is -2.39. The van der Waals surface area contributed by atoms with E-state index in [-0.39, 0.29) is 23.7 Å². The van der Waals surface area contributed by atoms with Gasteiger partial charge in [-0.3, -0.25) is 0 Å². The van der Waals surface area contributed by atoms with Crippen molar-refractivity contribution in [3.05, 3.63) is 35.4 Å². The Labute approximate surface area is 125 Å². The van der Waals surface area contributed by atoms with Crippen molar-refractivity contribution in [3.63, 3.8) is 0 Å². The number of aliphatic hydroxyl groups excluding tert-OH is 1. The summed E-state index contributed by atoms with van der Waals surface area (Å²) in [5, 5.41) is 10.0. The average Bonchev–Trinajstić information content (AvgIpc) is 2.37. The third-order valence-corrected chi connectivity index (χ3v) is 4.18. The fourth-order valence-electron chi connectivity index (χ4n) is 3.48. The molecular formula is C17H24F2O2. The minimum absolute atomic E-state index is 0.00611. The lowest BCUT2D eigenvalue weighted by Crippen LogP contribution is -2.33. The minimum atomic E-state index is -1.14. The van der Waals surface area contributed by atoms with Crippen molar-refractivity contribution in [2.24, 2.45) is 11.3 Å². The van der Waals surface area contributed by atoms with Crippen LogP contribution in [0.2, 0.25) is 0 Å². The Morgan fingerprint density at radius 2 is 2.05 bits per heavy atom. The highest BCUT2D eigenvalue weighted by atomic mass is 19.2. The number of aliphatic hydroxyl groups is 1. The number of hydrogen-bond donors (Lipinski definition) is 1. The fourth-order valence-corrected chi connectivity index (χ4v) is 3.48. The van der Waals surface area contributed by atoms with Crippen molar-refractivity contribution in [2.75, 3.05) is 6.61 Å². The lowest BCUT2D eigenvalue weighted by atomic mass is 9.71. The highest BCUT2D eigenvalue weighted by molar-refractivity contribution is 5.21. The molecule has 1 aromatic carbocycles. The first-order valence-electron chi connectivity index (χ1n) is 7.52. The Bertz CT molecular complexity index is 488. The Morgan fingerprint density at radius 3 is 2.71 bits per heavy atom. The molecule has 1 aromatic rings. The van der Waals surface area contributed by atoms with Crippen LogP contribution in [0.25, 0.3) is 0 Å². The zero-order valence-electron chi connectivity index (χ0n) is 12.9. The van der Waals surface area contributed by atoms with Gasteiger partial charge in [-0.25, -0.2) is 8.78 Å². The van der Waals surface area contributed by atoms with Crippen molar-refractivity contribution in [1.82, 2.24) is 0 Å². The predicted octanol–water partition coefficient (Wildman–Crippen LogP) is 4.23. The van der Waals surface area contributed by atoms with Gasteiger partial charge in [0.2, 0.25) is 0 Å². The Morgan fingerprint density at radius 1 is 1.33 bits per heavy atom. The molecule has 0 spiro atoms. The van der Waals surface area contributed by atoms with Gasteiger partial charge in [-0.05, 0) is 36.7 Å². The van der Waals surface area contributed by atoms with E-state index in [9.17, 15) is 13.9 Å². The molecule has 3 atom stereocenters.